The molecule has 3 heteroatoms. The zero-order chi connectivity index (χ0) is 14.5. The van der Waals surface area contributed by atoms with Gasteiger partial charge in [0.15, 0.2) is 0 Å². The van der Waals surface area contributed by atoms with E-state index >= 15 is 0 Å². The maximum Gasteiger partial charge on any atom is 0.221 e. The van der Waals surface area contributed by atoms with Gasteiger partial charge in [0.25, 0.3) is 0 Å². The number of carbonyl (C=O) groups is 1. The summed E-state index contributed by atoms with van der Waals surface area (Å²) in [5.41, 5.74) is 3.14. The lowest BCUT2D eigenvalue weighted by Gasteiger charge is -2.29. The van der Waals surface area contributed by atoms with Crippen LogP contribution in [0.2, 0.25) is 0 Å². The molecule has 1 unspecified atom stereocenters. The second kappa shape index (κ2) is 6.78. The van der Waals surface area contributed by atoms with Gasteiger partial charge in [0.2, 0.25) is 5.91 Å². The van der Waals surface area contributed by atoms with Crippen LogP contribution in [-0.2, 0) is 4.79 Å². The van der Waals surface area contributed by atoms with Crippen LogP contribution in [0.3, 0.4) is 0 Å². The fourth-order valence-electron chi connectivity index (χ4n) is 3.10. The number of hydrogen-bond donors (Lipinski definition) is 2. The van der Waals surface area contributed by atoms with E-state index in [0.717, 1.165) is 22.9 Å². The summed E-state index contributed by atoms with van der Waals surface area (Å²) < 4.78 is 0. The van der Waals surface area contributed by atoms with E-state index in [1.807, 2.05) is 13.0 Å². The molecule has 0 spiro atoms. The number of nitrogens with one attached hydrogen (secondary N) is 2. The summed E-state index contributed by atoms with van der Waals surface area (Å²) in [7, 11) is 0. The molecule has 0 saturated heterocycles. The highest BCUT2D eigenvalue weighted by Crippen LogP contribution is 2.28. The van der Waals surface area contributed by atoms with Crippen molar-refractivity contribution >= 4 is 17.3 Å². The number of benzene rings is 1. The van der Waals surface area contributed by atoms with Crippen molar-refractivity contribution in [3.8, 4) is 0 Å². The summed E-state index contributed by atoms with van der Waals surface area (Å²) in [6.07, 6.45) is 6.83. The van der Waals surface area contributed by atoms with Gasteiger partial charge in [-0.1, -0.05) is 19.3 Å². The minimum absolute atomic E-state index is 0.0237. The first-order chi connectivity index (χ1) is 9.56. The van der Waals surface area contributed by atoms with Gasteiger partial charge < -0.3 is 10.6 Å². The van der Waals surface area contributed by atoms with Gasteiger partial charge in [-0.05, 0) is 56.4 Å². The highest BCUT2D eigenvalue weighted by atomic mass is 16.1. The maximum absolute atomic E-state index is 11.1. The minimum atomic E-state index is -0.0237. The molecule has 0 aromatic heterocycles. The van der Waals surface area contributed by atoms with E-state index in [1.165, 1.54) is 39.0 Å². The highest BCUT2D eigenvalue weighted by Gasteiger charge is 2.19. The molecule has 3 nitrogen and oxygen atoms in total. The lowest BCUT2D eigenvalue weighted by molar-refractivity contribution is -0.114. The van der Waals surface area contributed by atoms with Crippen molar-refractivity contribution < 1.29 is 4.79 Å². The van der Waals surface area contributed by atoms with Gasteiger partial charge in [-0.3, -0.25) is 4.79 Å². The fourth-order valence-corrected chi connectivity index (χ4v) is 3.10. The molecule has 1 aliphatic rings. The van der Waals surface area contributed by atoms with Crippen LogP contribution < -0.4 is 10.6 Å². The standard InChI is InChI=1S/C17H26N2O/c1-12-11-16(9-10-17(12)19-14(3)20)18-13(2)15-7-5-4-6-8-15/h9-11,13,15,18H,4-8H2,1-3H3,(H,19,20). The third-order valence-corrected chi connectivity index (χ3v) is 4.29. The molecule has 0 bridgehead atoms. The largest absolute Gasteiger partial charge is 0.382 e. The average Bonchev–Trinajstić information content (AvgIpc) is 2.42. The van der Waals surface area contributed by atoms with Crippen molar-refractivity contribution in [2.75, 3.05) is 10.6 Å². The summed E-state index contributed by atoms with van der Waals surface area (Å²) in [6.45, 7) is 5.85. The first kappa shape index (κ1) is 14.9. The number of carbonyl (C=O) groups excluding carboxylic acids is 1. The molecule has 2 rings (SSSR count). The van der Waals surface area contributed by atoms with Crippen LogP contribution >= 0.6 is 0 Å². The monoisotopic (exact) mass is 274 g/mol. The second-order valence-corrected chi connectivity index (χ2v) is 6.04. The van der Waals surface area contributed by atoms with Crippen molar-refractivity contribution in [3.63, 3.8) is 0 Å². The Morgan fingerprint density at radius 2 is 1.95 bits per heavy atom. The van der Waals surface area contributed by atoms with Gasteiger partial charge in [0, 0.05) is 24.3 Å². The van der Waals surface area contributed by atoms with Gasteiger partial charge in [-0.15, -0.1) is 0 Å². The summed E-state index contributed by atoms with van der Waals surface area (Å²) >= 11 is 0. The molecule has 1 atom stereocenters. The maximum atomic E-state index is 11.1. The molecule has 0 heterocycles. The molecular formula is C17H26N2O. The number of anilines is 2. The second-order valence-electron chi connectivity index (χ2n) is 6.04. The Bertz CT molecular complexity index is 464. The molecule has 20 heavy (non-hydrogen) atoms. The van der Waals surface area contributed by atoms with Crippen LogP contribution in [0.4, 0.5) is 11.4 Å². The molecule has 1 aliphatic carbocycles. The Kier molecular flexibility index (Phi) is 5.05. The molecule has 110 valence electrons. The number of rotatable bonds is 4. The lowest BCUT2D eigenvalue weighted by atomic mass is 9.84. The van der Waals surface area contributed by atoms with Crippen LogP contribution in [0.5, 0.6) is 0 Å². The van der Waals surface area contributed by atoms with Crippen LogP contribution in [0, 0.1) is 12.8 Å². The van der Waals surface area contributed by atoms with Crippen LogP contribution in [0.15, 0.2) is 18.2 Å². The predicted octanol–water partition coefficient (Wildman–Crippen LogP) is 4.33. The number of hydrogen-bond acceptors (Lipinski definition) is 2. The van der Waals surface area contributed by atoms with E-state index in [2.05, 4.69) is 29.7 Å². The quantitative estimate of drug-likeness (QED) is 0.857. The first-order valence-corrected chi connectivity index (χ1v) is 7.71. The van der Waals surface area contributed by atoms with Gasteiger partial charge in [0.1, 0.15) is 0 Å². The Labute approximate surface area is 122 Å². The minimum Gasteiger partial charge on any atom is -0.382 e. The van der Waals surface area contributed by atoms with Crippen molar-refractivity contribution in [1.29, 1.82) is 0 Å². The first-order valence-electron chi connectivity index (χ1n) is 7.71. The summed E-state index contributed by atoms with van der Waals surface area (Å²) in [4.78, 5) is 11.1. The Balaban J connectivity index is 1.98. The summed E-state index contributed by atoms with van der Waals surface area (Å²) in [6, 6.07) is 6.66. The molecule has 1 aromatic carbocycles. The van der Waals surface area contributed by atoms with Crippen molar-refractivity contribution in [1.82, 2.24) is 0 Å². The normalized spacial score (nSPS) is 17.6. The lowest BCUT2D eigenvalue weighted by Crippen LogP contribution is -2.27. The third kappa shape index (κ3) is 3.99. The smallest absolute Gasteiger partial charge is 0.221 e. The van der Waals surface area contributed by atoms with E-state index in [1.54, 1.807) is 0 Å². The molecular weight excluding hydrogens is 248 g/mol. The van der Waals surface area contributed by atoms with Crippen LogP contribution in [-0.4, -0.2) is 11.9 Å². The predicted molar refractivity (Wildman–Crippen MR) is 85.1 cm³/mol. The van der Waals surface area contributed by atoms with E-state index < -0.39 is 0 Å². The van der Waals surface area contributed by atoms with Crippen LogP contribution in [0.1, 0.15) is 51.5 Å². The SMILES string of the molecule is CC(=O)Nc1ccc(NC(C)C2CCCCC2)cc1C. The number of aryl methyl sites for hydroxylation is 1. The zero-order valence-electron chi connectivity index (χ0n) is 12.8. The summed E-state index contributed by atoms with van der Waals surface area (Å²) in [5.74, 6) is 0.767. The van der Waals surface area contributed by atoms with E-state index in [9.17, 15) is 4.79 Å². The summed E-state index contributed by atoms with van der Waals surface area (Å²) in [5, 5.41) is 6.47. The highest BCUT2D eigenvalue weighted by molar-refractivity contribution is 5.89. The third-order valence-electron chi connectivity index (χ3n) is 4.29. The van der Waals surface area contributed by atoms with E-state index in [0.29, 0.717) is 6.04 Å². The number of amides is 1. The van der Waals surface area contributed by atoms with E-state index in [4.69, 9.17) is 0 Å². The Morgan fingerprint density at radius 1 is 1.25 bits per heavy atom. The molecule has 0 aliphatic heterocycles. The molecule has 0 radical (unpaired) electrons. The zero-order valence-corrected chi connectivity index (χ0v) is 12.8. The molecule has 1 fully saturated rings. The molecule has 2 N–H and O–H groups in total. The van der Waals surface area contributed by atoms with Gasteiger partial charge >= 0.3 is 0 Å². The Hall–Kier alpha value is -1.51. The van der Waals surface area contributed by atoms with Crippen LogP contribution in [0.25, 0.3) is 0 Å². The van der Waals surface area contributed by atoms with Gasteiger partial charge in [-0.25, -0.2) is 0 Å². The fraction of sp³-hybridized carbons (Fsp3) is 0.588. The van der Waals surface area contributed by atoms with Gasteiger partial charge in [-0.2, -0.15) is 0 Å². The van der Waals surface area contributed by atoms with Crippen molar-refractivity contribution in [2.24, 2.45) is 5.92 Å². The molecule has 1 saturated carbocycles. The van der Waals surface area contributed by atoms with Gasteiger partial charge in [0.05, 0.1) is 0 Å². The van der Waals surface area contributed by atoms with E-state index in [-0.39, 0.29) is 5.91 Å². The molecule has 1 amide bonds. The molecule has 1 aromatic rings. The Morgan fingerprint density at radius 3 is 2.55 bits per heavy atom. The average molecular weight is 274 g/mol. The topological polar surface area (TPSA) is 41.1 Å². The van der Waals surface area contributed by atoms with Crippen molar-refractivity contribution in [2.45, 2.75) is 58.9 Å². The van der Waals surface area contributed by atoms with Crippen molar-refractivity contribution in [3.05, 3.63) is 23.8 Å².